The van der Waals surface area contributed by atoms with Crippen LogP contribution in [0.4, 0.5) is 0 Å². The lowest BCUT2D eigenvalue weighted by atomic mass is 9.89. The van der Waals surface area contributed by atoms with Crippen molar-refractivity contribution in [3.8, 4) is 34.3 Å². The van der Waals surface area contributed by atoms with Crippen LogP contribution in [-0.4, -0.2) is 115 Å². The van der Waals surface area contributed by atoms with Crippen LogP contribution in [0.25, 0.3) is 22.3 Å². The van der Waals surface area contributed by atoms with E-state index in [1.807, 2.05) is 0 Å². The summed E-state index contributed by atoms with van der Waals surface area (Å²) in [6.45, 7) is 0.594. The van der Waals surface area contributed by atoms with Gasteiger partial charge in [-0.3, -0.25) is 4.79 Å². The highest BCUT2D eigenvalue weighted by molar-refractivity contribution is 5.89. The van der Waals surface area contributed by atoms with Crippen LogP contribution in [0, 0.1) is 0 Å². The zero-order valence-electron chi connectivity index (χ0n) is 22.8. The molecule has 9 N–H and O–H groups in total. The van der Waals surface area contributed by atoms with Crippen molar-refractivity contribution >= 4 is 11.0 Å². The molecule has 0 aliphatic carbocycles. The number of phenols is 3. The lowest BCUT2D eigenvalue weighted by Gasteiger charge is -2.46. The fourth-order valence-corrected chi connectivity index (χ4v) is 5.33. The summed E-state index contributed by atoms with van der Waals surface area (Å²) in [6, 6.07) is 5.96. The molecule has 2 aliphatic heterocycles. The van der Waals surface area contributed by atoms with Crippen molar-refractivity contribution in [1.82, 2.24) is 0 Å². The summed E-state index contributed by atoms with van der Waals surface area (Å²) >= 11 is 0. The van der Waals surface area contributed by atoms with Gasteiger partial charge in [0.15, 0.2) is 28.8 Å². The Morgan fingerprint density at radius 1 is 0.837 bits per heavy atom. The highest BCUT2D eigenvalue weighted by Crippen LogP contribution is 2.45. The number of aliphatic hydroxyl groups is 6. The van der Waals surface area contributed by atoms with Crippen LogP contribution in [0.5, 0.6) is 23.0 Å². The summed E-state index contributed by atoms with van der Waals surface area (Å²) in [5, 5.41) is 93.6. The Hall–Kier alpha value is -3.51. The van der Waals surface area contributed by atoms with Gasteiger partial charge < -0.3 is 69.3 Å². The van der Waals surface area contributed by atoms with Crippen molar-refractivity contribution in [2.75, 3.05) is 13.7 Å². The second kappa shape index (κ2) is 11.9. The van der Waals surface area contributed by atoms with Gasteiger partial charge in [-0.25, -0.2) is 0 Å². The van der Waals surface area contributed by atoms with Crippen LogP contribution in [0.2, 0.25) is 0 Å². The average Bonchev–Trinajstić information content (AvgIpc) is 2.97. The van der Waals surface area contributed by atoms with Gasteiger partial charge in [0.25, 0.3) is 0 Å². The van der Waals surface area contributed by atoms with Crippen LogP contribution in [0.15, 0.2) is 39.5 Å². The monoisotopic (exact) mass is 608 g/mol. The third-order valence-electron chi connectivity index (χ3n) is 7.71. The Bertz CT molecular complexity index is 1540. The second-order valence-electron chi connectivity index (χ2n) is 10.4. The number of ether oxygens (including phenoxy) is 4. The van der Waals surface area contributed by atoms with Crippen molar-refractivity contribution in [3.05, 3.63) is 46.1 Å². The van der Waals surface area contributed by atoms with E-state index >= 15 is 0 Å². The summed E-state index contributed by atoms with van der Waals surface area (Å²) in [5.74, 6) is -1.58. The summed E-state index contributed by atoms with van der Waals surface area (Å²) in [7, 11) is 1.31. The molecular weight excluding hydrogens is 576 g/mol. The SMILES string of the molecule is COc1cc(-c2cc(=O)c3c(O)cc(O)c([C@@H]4OC(CO)[C@@H](O)[C@H](O)C4O[C@@H]4OC(C)[C@H](O)[C@H](O)C4O)c3o2)ccc1O. The molecule has 0 amide bonds. The number of hydrogen-bond acceptors (Lipinski definition) is 15. The highest BCUT2D eigenvalue weighted by atomic mass is 16.7. The standard InChI is InChI=1S/C28H32O15/c1-9-20(34)22(36)24(38)28(40-9)43-27-23(37)21(35)17(8-29)42-26(27)19-13(32)6-12(31)18-14(33)7-15(41-25(18)19)10-3-4-11(30)16(5-10)39-2/h3-7,9,17,20-24,26-32,34-38H,8H2,1-2H3/t9?,17?,20-,21+,22-,23-,24?,26-,27?,28-/m0/s1. The normalized spacial score (nSPS) is 33.0. The van der Waals surface area contributed by atoms with Crippen LogP contribution >= 0.6 is 0 Å². The largest absolute Gasteiger partial charge is 0.507 e. The fourth-order valence-electron chi connectivity index (χ4n) is 5.33. The maximum Gasteiger partial charge on any atom is 0.197 e. The number of aromatic hydroxyl groups is 3. The Morgan fingerprint density at radius 3 is 2.23 bits per heavy atom. The van der Waals surface area contributed by atoms with E-state index in [0.717, 1.165) is 12.1 Å². The van der Waals surface area contributed by atoms with E-state index < -0.39 is 95.7 Å². The van der Waals surface area contributed by atoms with Crippen molar-refractivity contribution in [1.29, 1.82) is 0 Å². The molecule has 3 aromatic rings. The van der Waals surface area contributed by atoms with Gasteiger partial charge in [-0.15, -0.1) is 0 Å². The van der Waals surface area contributed by atoms with Gasteiger partial charge in [0.1, 0.15) is 71.5 Å². The van der Waals surface area contributed by atoms with Gasteiger partial charge in [-0.1, -0.05) is 0 Å². The number of phenolic OH excluding ortho intramolecular Hbond substituents is 3. The molecule has 3 heterocycles. The Balaban J connectivity index is 1.68. The molecular formula is C28H32O15. The zero-order chi connectivity index (χ0) is 31.3. The van der Waals surface area contributed by atoms with E-state index in [0.29, 0.717) is 0 Å². The first-order chi connectivity index (χ1) is 20.4. The minimum absolute atomic E-state index is 0.0544. The Morgan fingerprint density at radius 2 is 1.56 bits per heavy atom. The molecule has 0 spiro atoms. The number of aliphatic hydroxyl groups excluding tert-OH is 6. The summed E-state index contributed by atoms with van der Waals surface area (Å²) in [5.41, 5.74) is -1.26. The van der Waals surface area contributed by atoms with Gasteiger partial charge in [0.05, 0.1) is 25.4 Å². The smallest absolute Gasteiger partial charge is 0.197 e. The van der Waals surface area contributed by atoms with E-state index in [1.165, 1.54) is 32.2 Å². The molecule has 2 fully saturated rings. The quantitative estimate of drug-likeness (QED) is 0.162. The second-order valence-corrected chi connectivity index (χ2v) is 10.4. The summed E-state index contributed by atoms with van der Waals surface area (Å²) < 4.78 is 28.2. The third kappa shape index (κ3) is 5.39. The minimum Gasteiger partial charge on any atom is -0.507 e. The van der Waals surface area contributed by atoms with Crippen LogP contribution < -0.4 is 10.2 Å². The number of methoxy groups -OCH3 is 1. The summed E-state index contributed by atoms with van der Waals surface area (Å²) in [4.78, 5) is 13.3. The molecule has 2 aliphatic rings. The van der Waals surface area contributed by atoms with Crippen molar-refractivity contribution < 1.29 is 69.3 Å². The highest BCUT2D eigenvalue weighted by Gasteiger charge is 2.51. The minimum atomic E-state index is -1.87. The van der Waals surface area contributed by atoms with Crippen molar-refractivity contribution in [2.24, 2.45) is 0 Å². The molecule has 1 aromatic heterocycles. The maximum absolute atomic E-state index is 13.3. The van der Waals surface area contributed by atoms with Gasteiger partial charge in [-0.2, -0.15) is 0 Å². The lowest BCUT2D eigenvalue weighted by Crippen LogP contribution is -2.61. The molecule has 15 nitrogen and oxygen atoms in total. The van der Waals surface area contributed by atoms with Gasteiger partial charge in [0.2, 0.25) is 0 Å². The van der Waals surface area contributed by atoms with Crippen LogP contribution in [0.3, 0.4) is 0 Å². The number of hydrogen-bond donors (Lipinski definition) is 9. The number of fused-ring (bicyclic) bond motifs is 1. The topological polar surface area (TPSA) is 249 Å². The number of benzene rings is 2. The molecule has 43 heavy (non-hydrogen) atoms. The molecule has 15 heteroatoms. The number of rotatable bonds is 6. The lowest BCUT2D eigenvalue weighted by molar-refractivity contribution is -0.338. The van der Waals surface area contributed by atoms with Crippen LogP contribution in [0.1, 0.15) is 18.6 Å². The zero-order valence-corrected chi connectivity index (χ0v) is 22.8. The van der Waals surface area contributed by atoms with E-state index in [9.17, 15) is 50.8 Å². The molecule has 4 unspecified atom stereocenters. The molecule has 5 rings (SSSR count). The van der Waals surface area contributed by atoms with Crippen molar-refractivity contribution in [3.63, 3.8) is 0 Å². The van der Waals surface area contributed by atoms with Crippen LogP contribution in [-0.2, 0) is 14.2 Å². The van der Waals surface area contributed by atoms with Gasteiger partial charge in [-0.05, 0) is 25.1 Å². The first-order valence-corrected chi connectivity index (χ1v) is 13.3. The van der Waals surface area contributed by atoms with Gasteiger partial charge in [0, 0.05) is 17.7 Å². The Kier molecular flexibility index (Phi) is 8.54. The molecule has 0 radical (unpaired) electrons. The van der Waals surface area contributed by atoms with E-state index in [4.69, 9.17) is 23.4 Å². The molecule has 2 aromatic carbocycles. The molecule has 10 atom stereocenters. The predicted molar refractivity (Wildman–Crippen MR) is 143 cm³/mol. The molecule has 234 valence electrons. The molecule has 0 bridgehead atoms. The van der Waals surface area contributed by atoms with Crippen molar-refractivity contribution in [2.45, 2.75) is 68.1 Å². The average molecular weight is 609 g/mol. The molecule has 2 saturated heterocycles. The fraction of sp³-hybridized carbons (Fsp3) is 0.464. The predicted octanol–water partition coefficient (Wildman–Crippen LogP) is -1.05. The van der Waals surface area contributed by atoms with Gasteiger partial charge >= 0.3 is 0 Å². The Labute approximate surface area is 242 Å². The van der Waals surface area contributed by atoms with E-state index in [2.05, 4.69) is 0 Å². The van der Waals surface area contributed by atoms with E-state index in [-0.39, 0.29) is 28.4 Å². The first-order valence-electron chi connectivity index (χ1n) is 13.3. The molecule has 0 saturated carbocycles. The summed E-state index contributed by atoms with van der Waals surface area (Å²) in [6.07, 6.45) is -16.2. The maximum atomic E-state index is 13.3. The third-order valence-corrected chi connectivity index (χ3v) is 7.71. The van der Waals surface area contributed by atoms with E-state index in [1.54, 1.807) is 0 Å². The first kappa shape index (κ1) is 30.9.